The second-order valence-corrected chi connectivity index (χ2v) is 5.11. The van der Waals surface area contributed by atoms with E-state index in [0.717, 1.165) is 12.8 Å². The molecule has 20 heavy (non-hydrogen) atoms. The second-order valence-electron chi connectivity index (χ2n) is 5.11. The molecule has 0 atom stereocenters. The van der Waals surface area contributed by atoms with Gasteiger partial charge in [0.1, 0.15) is 17.3 Å². The fraction of sp³-hybridized carbons (Fsp3) is 0.294. The lowest BCUT2D eigenvalue weighted by atomic mass is 9.92. The maximum absolute atomic E-state index is 13.6. The van der Waals surface area contributed by atoms with Crippen molar-refractivity contribution in [1.29, 1.82) is 0 Å². The number of aryl methyl sites for hydroxylation is 2. The van der Waals surface area contributed by atoms with Crippen LogP contribution in [0.4, 0.5) is 4.39 Å². The molecule has 0 heterocycles. The van der Waals surface area contributed by atoms with Crippen LogP contribution in [0.2, 0.25) is 0 Å². The lowest BCUT2D eigenvalue weighted by molar-refractivity contribution is 0.270. The molecule has 1 aliphatic carbocycles. The third-order valence-corrected chi connectivity index (χ3v) is 3.78. The molecule has 1 aliphatic rings. The van der Waals surface area contributed by atoms with Crippen LogP contribution in [-0.4, -0.2) is 5.11 Å². The Labute approximate surface area is 117 Å². The highest BCUT2D eigenvalue weighted by molar-refractivity contribution is 5.42. The summed E-state index contributed by atoms with van der Waals surface area (Å²) >= 11 is 0. The minimum absolute atomic E-state index is 0.199. The van der Waals surface area contributed by atoms with E-state index in [0.29, 0.717) is 11.5 Å². The van der Waals surface area contributed by atoms with E-state index in [1.165, 1.54) is 30.0 Å². The molecule has 3 rings (SSSR count). The lowest BCUT2D eigenvalue weighted by Gasteiger charge is -2.17. The summed E-state index contributed by atoms with van der Waals surface area (Å²) in [6.45, 7) is -0.368. The molecule has 104 valence electrons. The molecular formula is C17H17FO2. The first-order valence-electron chi connectivity index (χ1n) is 6.96. The molecule has 0 bridgehead atoms. The maximum Gasteiger partial charge on any atom is 0.135 e. The smallest absolute Gasteiger partial charge is 0.135 e. The van der Waals surface area contributed by atoms with Gasteiger partial charge in [0, 0.05) is 0 Å². The van der Waals surface area contributed by atoms with Gasteiger partial charge in [0.15, 0.2) is 0 Å². The maximum atomic E-state index is 13.6. The van der Waals surface area contributed by atoms with Crippen molar-refractivity contribution in [3.63, 3.8) is 0 Å². The summed E-state index contributed by atoms with van der Waals surface area (Å²) < 4.78 is 19.3. The molecule has 0 unspecified atom stereocenters. The van der Waals surface area contributed by atoms with Crippen molar-refractivity contribution >= 4 is 0 Å². The largest absolute Gasteiger partial charge is 0.457 e. The zero-order chi connectivity index (χ0) is 13.9. The Balaban J connectivity index is 1.90. The number of fused-ring (bicyclic) bond motifs is 1. The zero-order valence-electron chi connectivity index (χ0n) is 11.2. The number of aliphatic hydroxyl groups is 1. The van der Waals surface area contributed by atoms with Gasteiger partial charge in [-0.05, 0) is 61.1 Å². The first kappa shape index (κ1) is 13.1. The van der Waals surface area contributed by atoms with Crippen molar-refractivity contribution in [2.24, 2.45) is 0 Å². The summed E-state index contributed by atoms with van der Waals surface area (Å²) in [5.41, 5.74) is 2.89. The predicted molar refractivity (Wildman–Crippen MR) is 75.5 cm³/mol. The number of ether oxygens (including phenoxy) is 1. The number of aliphatic hydroxyl groups excluding tert-OH is 1. The van der Waals surface area contributed by atoms with Crippen LogP contribution in [0.15, 0.2) is 36.4 Å². The van der Waals surface area contributed by atoms with Gasteiger partial charge in [-0.2, -0.15) is 0 Å². The fourth-order valence-corrected chi connectivity index (χ4v) is 2.69. The van der Waals surface area contributed by atoms with Crippen LogP contribution in [-0.2, 0) is 19.4 Å². The molecule has 0 spiro atoms. The lowest BCUT2D eigenvalue weighted by Crippen LogP contribution is -2.02. The molecule has 1 N–H and O–H groups in total. The van der Waals surface area contributed by atoms with Gasteiger partial charge in [0.05, 0.1) is 12.2 Å². The summed E-state index contributed by atoms with van der Waals surface area (Å²) in [6, 6.07) is 10.6. The topological polar surface area (TPSA) is 29.5 Å². The number of hydrogen-bond acceptors (Lipinski definition) is 2. The third kappa shape index (κ3) is 2.54. The van der Waals surface area contributed by atoms with E-state index < -0.39 is 5.82 Å². The Bertz CT molecular complexity index is 622. The van der Waals surface area contributed by atoms with Gasteiger partial charge >= 0.3 is 0 Å². The van der Waals surface area contributed by atoms with Gasteiger partial charge < -0.3 is 9.84 Å². The van der Waals surface area contributed by atoms with Gasteiger partial charge in [-0.3, -0.25) is 0 Å². The Hall–Kier alpha value is -1.87. The van der Waals surface area contributed by atoms with E-state index in [9.17, 15) is 9.50 Å². The van der Waals surface area contributed by atoms with Gasteiger partial charge in [-0.25, -0.2) is 4.39 Å². The van der Waals surface area contributed by atoms with Crippen molar-refractivity contribution in [3.8, 4) is 11.5 Å². The summed E-state index contributed by atoms with van der Waals surface area (Å²) in [7, 11) is 0. The molecule has 0 saturated carbocycles. The average molecular weight is 272 g/mol. The highest BCUT2D eigenvalue weighted by Gasteiger charge is 2.12. The molecule has 2 aromatic rings. The average Bonchev–Trinajstić information content (AvgIpc) is 2.47. The van der Waals surface area contributed by atoms with Crippen LogP contribution >= 0.6 is 0 Å². The van der Waals surface area contributed by atoms with Crippen molar-refractivity contribution in [2.75, 3.05) is 0 Å². The molecule has 0 aromatic heterocycles. The monoisotopic (exact) mass is 272 g/mol. The molecule has 0 amide bonds. The van der Waals surface area contributed by atoms with Crippen molar-refractivity contribution in [2.45, 2.75) is 32.3 Å². The molecule has 0 radical (unpaired) electrons. The molecule has 0 saturated heterocycles. The third-order valence-electron chi connectivity index (χ3n) is 3.78. The quantitative estimate of drug-likeness (QED) is 0.915. The van der Waals surface area contributed by atoms with Crippen molar-refractivity contribution in [3.05, 3.63) is 58.9 Å². The van der Waals surface area contributed by atoms with Crippen LogP contribution in [0.25, 0.3) is 0 Å². The Morgan fingerprint density at radius 2 is 1.85 bits per heavy atom. The van der Waals surface area contributed by atoms with Gasteiger partial charge in [0.2, 0.25) is 0 Å². The predicted octanol–water partition coefficient (Wildman–Crippen LogP) is 3.99. The number of benzene rings is 2. The van der Waals surface area contributed by atoms with Gasteiger partial charge in [-0.1, -0.05) is 12.1 Å². The van der Waals surface area contributed by atoms with Crippen LogP contribution < -0.4 is 4.74 Å². The van der Waals surface area contributed by atoms with E-state index in [1.54, 1.807) is 12.1 Å². The second kappa shape index (κ2) is 5.63. The van der Waals surface area contributed by atoms with Crippen LogP contribution in [0.5, 0.6) is 11.5 Å². The van der Waals surface area contributed by atoms with E-state index in [-0.39, 0.29) is 12.2 Å². The van der Waals surface area contributed by atoms with Crippen molar-refractivity contribution in [1.82, 2.24) is 0 Å². The van der Waals surface area contributed by atoms with Crippen molar-refractivity contribution < 1.29 is 14.2 Å². The van der Waals surface area contributed by atoms with Gasteiger partial charge in [0.25, 0.3) is 0 Å². The van der Waals surface area contributed by atoms with E-state index in [1.807, 2.05) is 12.1 Å². The van der Waals surface area contributed by atoms with Crippen LogP contribution in [0.1, 0.15) is 29.5 Å². The van der Waals surface area contributed by atoms with Crippen LogP contribution in [0.3, 0.4) is 0 Å². The SMILES string of the molecule is OCc1c(F)cccc1Oc1ccc2c(c1)CCCC2. The Kier molecular flexibility index (Phi) is 3.70. The molecule has 0 aliphatic heterocycles. The molecule has 0 fully saturated rings. The normalized spacial score (nSPS) is 13.9. The van der Waals surface area contributed by atoms with Gasteiger partial charge in [-0.15, -0.1) is 0 Å². The minimum atomic E-state index is -0.442. The standard InChI is InChI=1S/C17H17FO2/c18-16-6-3-7-17(15(16)11-19)20-14-9-8-12-4-1-2-5-13(12)10-14/h3,6-10,19H,1-2,4-5,11H2. The highest BCUT2D eigenvalue weighted by atomic mass is 19.1. The summed E-state index contributed by atoms with van der Waals surface area (Å²) in [4.78, 5) is 0. The molecule has 2 aromatic carbocycles. The van der Waals surface area contributed by atoms with E-state index >= 15 is 0 Å². The molecule has 2 nitrogen and oxygen atoms in total. The summed E-state index contributed by atoms with van der Waals surface area (Å²) in [5.74, 6) is 0.636. The zero-order valence-corrected chi connectivity index (χ0v) is 11.2. The van der Waals surface area contributed by atoms with E-state index in [2.05, 4.69) is 6.07 Å². The summed E-state index contributed by atoms with van der Waals surface area (Å²) in [5, 5.41) is 9.25. The molecular weight excluding hydrogens is 255 g/mol. The fourth-order valence-electron chi connectivity index (χ4n) is 2.69. The Morgan fingerprint density at radius 3 is 2.65 bits per heavy atom. The first-order valence-corrected chi connectivity index (χ1v) is 6.96. The number of halogens is 1. The Morgan fingerprint density at radius 1 is 1.05 bits per heavy atom. The molecule has 3 heteroatoms. The number of hydrogen-bond donors (Lipinski definition) is 1. The minimum Gasteiger partial charge on any atom is -0.457 e. The first-order chi connectivity index (χ1) is 9.78. The highest BCUT2D eigenvalue weighted by Crippen LogP contribution is 2.30. The number of rotatable bonds is 3. The van der Waals surface area contributed by atoms with E-state index in [4.69, 9.17) is 4.74 Å². The van der Waals surface area contributed by atoms with Crippen LogP contribution in [0, 0.1) is 5.82 Å². The summed E-state index contributed by atoms with van der Waals surface area (Å²) in [6.07, 6.45) is 4.64.